The third kappa shape index (κ3) is 3.97. The first-order valence-corrected chi connectivity index (χ1v) is 5.52. The van der Waals surface area contributed by atoms with E-state index in [2.05, 4.69) is 5.32 Å². The molecule has 0 aromatic heterocycles. The summed E-state index contributed by atoms with van der Waals surface area (Å²) in [6.07, 6.45) is -4.94. The fraction of sp³-hybridized carbons (Fsp3) is 0.333. The Morgan fingerprint density at radius 1 is 1.26 bits per heavy atom. The van der Waals surface area contributed by atoms with Gasteiger partial charge in [-0.25, -0.2) is 0 Å². The second-order valence-electron chi connectivity index (χ2n) is 3.84. The highest BCUT2D eigenvalue weighted by molar-refractivity contribution is 5.98. The van der Waals surface area contributed by atoms with Crippen molar-refractivity contribution in [3.8, 4) is 0 Å². The van der Waals surface area contributed by atoms with Crippen molar-refractivity contribution in [1.29, 1.82) is 0 Å². The zero-order valence-electron chi connectivity index (χ0n) is 10.4. The number of rotatable bonds is 3. The van der Waals surface area contributed by atoms with Crippen molar-refractivity contribution < 1.29 is 22.8 Å². The van der Waals surface area contributed by atoms with E-state index in [0.29, 0.717) is 17.7 Å². The summed E-state index contributed by atoms with van der Waals surface area (Å²) in [5, 5.41) is 4.32. The van der Waals surface area contributed by atoms with Gasteiger partial charge in [-0.3, -0.25) is 9.59 Å². The highest BCUT2D eigenvalue weighted by atomic mass is 19.4. The van der Waals surface area contributed by atoms with Crippen LogP contribution in [0.15, 0.2) is 18.2 Å². The minimum Gasteiger partial charge on any atom is -0.352 e. The minimum absolute atomic E-state index is 0.0235. The molecule has 0 aliphatic rings. The maximum absolute atomic E-state index is 12.1. The number of anilines is 1. The molecule has 0 saturated heterocycles. The van der Waals surface area contributed by atoms with Crippen LogP contribution in [0.5, 0.6) is 0 Å². The predicted octanol–water partition coefficient (Wildman–Crippen LogP) is 2.25. The van der Waals surface area contributed by atoms with Crippen LogP contribution in [-0.4, -0.2) is 24.5 Å². The standard InChI is InChI=1S/C12H13F3N2O2/c1-3-16-10(18)8-4-5-9(7(2)6-8)17-11(19)12(13,14)15/h4-6H,3H2,1-2H3,(H,16,18)(H,17,19). The average molecular weight is 274 g/mol. The van der Waals surface area contributed by atoms with E-state index < -0.39 is 12.1 Å². The molecule has 2 N–H and O–H groups in total. The Morgan fingerprint density at radius 3 is 2.37 bits per heavy atom. The molecule has 19 heavy (non-hydrogen) atoms. The van der Waals surface area contributed by atoms with E-state index in [1.54, 1.807) is 12.2 Å². The second-order valence-corrected chi connectivity index (χ2v) is 3.84. The van der Waals surface area contributed by atoms with Crippen LogP contribution < -0.4 is 10.6 Å². The van der Waals surface area contributed by atoms with Gasteiger partial charge in [0.2, 0.25) is 0 Å². The number of benzene rings is 1. The van der Waals surface area contributed by atoms with Crippen LogP contribution in [0.1, 0.15) is 22.8 Å². The molecule has 0 radical (unpaired) electrons. The lowest BCUT2D eigenvalue weighted by Gasteiger charge is -2.11. The van der Waals surface area contributed by atoms with Crippen LogP contribution in [-0.2, 0) is 4.79 Å². The Kier molecular flexibility index (Phi) is 4.52. The molecule has 7 heteroatoms. The van der Waals surface area contributed by atoms with Crippen molar-refractivity contribution in [2.45, 2.75) is 20.0 Å². The predicted molar refractivity (Wildman–Crippen MR) is 63.9 cm³/mol. The molecule has 0 saturated carbocycles. The summed E-state index contributed by atoms with van der Waals surface area (Å²) in [5.41, 5.74) is 0.723. The molecular formula is C12H13F3N2O2. The van der Waals surface area contributed by atoms with Crippen LogP contribution in [0.25, 0.3) is 0 Å². The van der Waals surface area contributed by atoms with Gasteiger partial charge in [0.05, 0.1) is 0 Å². The number of nitrogens with one attached hydrogen (secondary N) is 2. The molecular weight excluding hydrogens is 261 g/mol. The van der Waals surface area contributed by atoms with Crippen LogP contribution in [0, 0.1) is 6.92 Å². The SMILES string of the molecule is CCNC(=O)c1ccc(NC(=O)C(F)(F)F)c(C)c1. The lowest BCUT2D eigenvalue weighted by molar-refractivity contribution is -0.167. The maximum Gasteiger partial charge on any atom is 0.471 e. The Hall–Kier alpha value is -2.05. The molecule has 0 fully saturated rings. The van der Waals surface area contributed by atoms with Gasteiger partial charge in [-0.15, -0.1) is 0 Å². The smallest absolute Gasteiger partial charge is 0.352 e. The third-order valence-corrected chi connectivity index (χ3v) is 2.33. The molecule has 0 spiro atoms. The first-order chi connectivity index (χ1) is 8.75. The van der Waals surface area contributed by atoms with Gasteiger partial charge in [0.25, 0.3) is 5.91 Å². The van der Waals surface area contributed by atoms with Gasteiger partial charge >= 0.3 is 12.1 Å². The summed E-state index contributed by atoms with van der Waals surface area (Å²) in [6, 6.07) is 4.03. The summed E-state index contributed by atoms with van der Waals surface area (Å²) in [7, 11) is 0. The van der Waals surface area contributed by atoms with Crippen LogP contribution in [0.4, 0.5) is 18.9 Å². The molecule has 4 nitrogen and oxygen atoms in total. The van der Waals surface area contributed by atoms with Crippen LogP contribution in [0.2, 0.25) is 0 Å². The normalized spacial score (nSPS) is 11.0. The number of aryl methyl sites for hydroxylation is 1. The van der Waals surface area contributed by atoms with E-state index >= 15 is 0 Å². The quantitative estimate of drug-likeness (QED) is 0.888. The van der Waals surface area contributed by atoms with Gasteiger partial charge in [-0.2, -0.15) is 13.2 Å². The van der Waals surface area contributed by atoms with E-state index in [1.165, 1.54) is 25.1 Å². The van der Waals surface area contributed by atoms with Gasteiger partial charge in [0, 0.05) is 17.8 Å². The molecule has 0 atom stereocenters. The van der Waals surface area contributed by atoms with E-state index in [4.69, 9.17) is 0 Å². The van der Waals surface area contributed by atoms with Crippen molar-refractivity contribution in [1.82, 2.24) is 5.32 Å². The molecule has 1 rings (SSSR count). The van der Waals surface area contributed by atoms with Gasteiger partial charge in [0.1, 0.15) is 0 Å². The molecule has 1 aromatic rings. The lowest BCUT2D eigenvalue weighted by atomic mass is 10.1. The molecule has 0 bridgehead atoms. The Balaban J connectivity index is 2.89. The zero-order chi connectivity index (χ0) is 14.6. The summed E-state index contributed by atoms with van der Waals surface area (Å²) >= 11 is 0. The van der Waals surface area contributed by atoms with Crippen molar-refractivity contribution in [3.63, 3.8) is 0 Å². The van der Waals surface area contributed by atoms with Crippen molar-refractivity contribution in [2.24, 2.45) is 0 Å². The lowest BCUT2D eigenvalue weighted by Crippen LogP contribution is -2.30. The molecule has 0 unspecified atom stereocenters. The van der Waals surface area contributed by atoms with E-state index in [1.807, 2.05) is 0 Å². The first-order valence-electron chi connectivity index (χ1n) is 5.52. The number of hydrogen-bond acceptors (Lipinski definition) is 2. The Bertz CT molecular complexity index is 498. The van der Waals surface area contributed by atoms with E-state index in [0.717, 1.165) is 0 Å². The highest BCUT2D eigenvalue weighted by Gasteiger charge is 2.38. The Morgan fingerprint density at radius 2 is 1.89 bits per heavy atom. The average Bonchev–Trinajstić information content (AvgIpc) is 2.30. The highest BCUT2D eigenvalue weighted by Crippen LogP contribution is 2.21. The number of hydrogen-bond donors (Lipinski definition) is 2. The third-order valence-electron chi connectivity index (χ3n) is 2.33. The topological polar surface area (TPSA) is 58.2 Å². The second kappa shape index (κ2) is 5.73. The van der Waals surface area contributed by atoms with Gasteiger partial charge in [-0.05, 0) is 37.6 Å². The van der Waals surface area contributed by atoms with Crippen LogP contribution in [0.3, 0.4) is 0 Å². The monoisotopic (exact) mass is 274 g/mol. The fourth-order valence-corrected chi connectivity index (χ4v) is 1.40. The molecule has 104 valence electrons. The van der Waals surface area contributed by atoms with E-state index in [9.17, 15) is 22.8 Å². The number of amides is 2. The number of carbonyl (C=O) groups is 2. The van der Waals surface area contributed by atoms with Crippen molar-refractivity contribution in [2.75, 3.05) is 11.9 Å². The first kappa shape index (κ1) is 15.0. The Labute approximate surface area is 108 Å². The van der Waals surface area contributed by atoms with Crippen molar-refractivity contribution >= 4 is 17.5 Å². The van der Waals surface area contributed by atoms with Crippen LogP contribution >= 0.6 is 0 Å². The summed E-state index contributed by atoms with van der Waals surface area (Å²) in [6.45, 7) is 3.71. The largest absolute Gasteiger partial charge is 0.471 e. The molecule has 0 aliphatic carbocycles. The summed E-state index contributed by atoms with van der Waals surface area (Å²) < 4.78 is 36.3. The minimum atomic E-state index is -4.94. The number of alkyl halides is 3. The van der Waals surface area contributed by atoms with Gasteiger partial charge in [-0.1, -0.05) is 0 Å². The number of carbonyl (C=O) groups excluding carboxylic acids is 2. The van der Waals surface area contributed by atoms with Gasteiger partial charge in [0.15, 0.2) is 0 Å². The fourth-order valence-electron chi connectivity index (χ4n) is 1.40. The molecule has 1 aromatic carbocycles. The zero-order valence-corrected chi connectivity index (χ0v) is 10.4. The molecule has 0 heterocycles. The number of halogens is 3. The molecule has 2 amide bonds. The van der Waals surface area contributed by atoms with Gasteiger partial charge < -0.3 is 10.6 Å². The van der Waals surface area contributed by atoms with E-state index in [-0.39, 0.29) is 11.6 Å². The summed E-state index contributed by atoms with van der Waals surface area (Å²) in [5.74, 6) is -2.36. The maximum atomic E-state index is 12.1. The van der Waals surface area contributed by atoms with Crippen molar-refractivity contribution in [3.05, 3.63) is 29.3 Å². The summed E-state index contributed by atoms with van der Waals surface area (Å²) in [4.78, 5) is 22.3. The molecule has 0 aliphatic heterocycles.